The second-order valence-electron chi connectivity index (χ2n) is 7.33. The maximum atomic E-state index is 11.2. The van der Waals surface area contributed by atoms with Gasteiger partial charge in [-0.1, -0.05) is 18.4 Å². The van der Waals surface area contributed by atoms with Gasteiger partial charge >= 0.3 is 0 Å². The monoisotopic (exact) mass is 490 g/mol. The summed E-state index contributed by atoms with van der Waals surface area (Å²) in [6.07, 6.45) is 9.40. The molecule has 0 aliphatic heterocycles. The highest BCUT2D eigenvalue weighted by molar-refractivity contribution is 5.87. The molecule has 4 amide bonds. The summed E-state index contributed by atoms with van der Waals surface area (Å²) < 4.78 is 0. The summed E-state index contributed by atoms with van der Waals surface area (Å²) in [4.78, 5) is 43.2. The molecule has 0 saturated carbocycles. The van der Waals surface area contributed by atoms with E-state index in [4.69, 9.17) is 0 Å². The number of nitrogens with one attached hydrogen (secondary N) is 4. The van der Waals surface area contributed by atoms with Gasteiger partial charge in [0.15, 0.2) is 0 Å². The Morgan fingerprint density at radius 3 is 1.57 bits per heavy atom. The largest absolute Gasteiger partial charge is 0.356 e. The van der Waals surface area contributed by atoms with Crippen molar-refractivity contribution < 1.29 is 19.2 Å². The van der Waals surface area contributed by atoms with Crippen LogP contribution in [0, 0.1) is 23.7 Å². The lowest BCUT2D eigenvalue weighted by Crippen LogP contribution is -2.23. The highest BCUT2D eigenvalue weighted by Crippen LogP contribution is 1.98. The van der Waals surface area contributed by atoms with E-state index in [1.807, 2.05) is 20.8 Å². The summed E-state index contributed by atoms with van der Waals surface area (Å²) in [6, 6.07) is 0. The lowest BCUT2D eigenvalue weighted by molar-refractivity contribution is -0.121. The fraction of sp³-hybridized carbons (Fsp3) is 0.630. The van der Waals surface area contributed by atoms with Crippen molar-refractivity contribution in [1.82, 2.24) is 21.3 Å². The number of carbonyl (C=O) groups excluding carboxylic acids is 4. The Balaban J connectivity index is -0.000000508. The van der Waals surface area contributed by atoms with Gasteiger partial charge in [-0.15, -0.1) is 17.8 Å². The van der Waals surface area contributed by atoms with Gasteiger partial charge in [-0.2, -0.15) is 0 Å². The van der Waals surface area contributed by atoms with E-state index in [2.05, 4.69) is 44.9 Å². The van der Waals surface area contributed by atoms with Gasteiger partial charge in [0.25, 0.3) is 0 Å². The minimum absolute atomic E-state index is 0.00381. The van der Waals surface area contributed by atoms with Gasteiger partial charge < -0.3 is 21.3 Å². The van der Waals surface area contributed by atoms with Gasteiger partial charge in [-0.05, 0) is 65.9 Å². The molecular formula is C27H46N4O4. The van der Waals surface area contributed by atoms with Crippen LogP contribution in [0.5, 0.6) is 0 Å². The molecule has 8 heteroatoms. The Hall–Kier alpha value is -3.26. The number of rotatable bonds is 14. The second-order valence-corrected chi connectivity index (χ2v) is 7.33. The van der Waals surface area contributed by atoms with E-state index in [0.29, 0.717) is 26.1 Å². The highest BCUT2D eigenvalue weighted by atomic mass is 16.2. The van der Waals surface area contributed by atoms with Crippen molar-refractivity contribution in [2.24, 2.45) is 0 Å². The molecular weight excluding hydrogens is 444 g/mol. The van der Waals surface area contributed by atoms with Gasteiger partial charge in [-0.3, -0.25) is 19.2 Å². The van der Waals surface area contributed by atoms with Crippen LogP contribution in [0.1, 0.15) is 86.5 Å². The number of unbranched alkanes of at least 4 members (excludes halogenated alkanes) is 4. The van der Waals surface area contributed by atoms with Crippen molar-refractivity contribution in [2.45, 2.75) is 86.5 Å². The van der Waals surface area contributed by atoms with Crippen LogP contribution in [0.4, 0.5) is 0 Å². The molecule has 8 nitrogen and oxygen atoms in total. The first-order valence-corrected chi connectivity index (χ1v) is 12.1. The zero-order chi connectivity index (χ0) is 27.2. The van der Waals surface area contributed by atoms with Crippen LogP contribution in [0.2, 0.25) is 0 Å². The Morgan fingerprint density at radius 2 is 1.14 bits per heavy atom. The molecule has 0 spiro atoms. The third kappa shape index (κ3) is 41.5. The fourth-order valence-electron chi connectivity index (χ4n) is 2.28. The third-order valence-corrected chi connectivity index (χ3v) is 4.10. The molecule has 0 bridgehead atoms. The molecule has 0 aliphatic rings. The van der Waals surface area contributed by atoms with Crippen molar-refractivity contribution in [1.29, 1.82) is 0 Å². The van der Waals surface area contributed by atoms with Gasteiger partial charge in [0.1, 0.15) is 0 Å². The zero-order valence-corrected chi connectivity index (χ0v) is 22.6. The second kappa shape index (κ2) is 30.7. The molecule has 0 saturated heterocycles. The normalized spacial score (nSPS) is 8.86. The summed E-state index contributed by atoms with van der Waals surface area (Å²) in [5.41, 5.74) is 0. The number of hydrogen-bond donors (Lipinski definition) is 4. The summed E-state index contributed by atoms with van der Waals surface area (Å²) in [7, 11) is 0. The van der Waals surface area contributed by atoms with Crippen molar-refractivity contribution in [3.05, 3.63) is 12.2 Å². The number of hydrogen-bond acceptors (Lipinski definition) is 4. The zero-order valence-electron chi connectivity index (χ0n) is 22.6. The topological polar surface area (TPSA) is 116 Å². The first-order chi connectivity index (χ1) is 16.7. The molecule has 0 radical (unpaired) electrons. The molecule has 0 fully saturated rings. The molecule has 0 aromatic carbocycles. The van der Waals surface area contributed by atoms with Crippen LogP contribution < -0.4 is 21.3 Å². The minimum Gasteiger partial charge on any atom is -0.356 e. The van der Waals surface area contributed by atoms with Gasteiger partial charge in [0.2, 0.25) is 23.6 Å². The maximum absolute atomic E-state index is 11.2. The average molecular weight is 491 g/mol. The minimum atomic E-state index is -0.0423. The van der Waals surface area contributed by atoms with Gasteiger partial charge in [-0.25, -0.2) is 0 Å². The van der Waals surface area contributed by atoms with Crippen molar-refractivity contribution >= 4 is 23.6 Å². The number of carbonyl (C=O) groups is 4. The molecule has 0 aromatic rings. The Labute approximate surface area is 212 Å². The Morgan fingerprint density at radius 1 is 0.657 bits per heavy atom. The van der Waals surface area contributed by atoms with E-state index in [9.17, 15) is 19.2 Å². The van der Waals surface area contributed by atoms with E-state index >= 15 is 0 Å². The van der Waals surface area contributed by atoms with Gasteiger partial charge in [0.05, 0.1) is 6.54 Å². The van der Waals surface area contributed by atoms with Crippen molar-refractivity contribution in [3.8, 4) is 23.7 Å². The predicted octanol–water partition coefficient (Wildman–Crippen LogP) is 2.84. The molecule has 4 N–H and O–H groups in total. The maximum Gasteiger partial charge on any atom is 0.243 e. The van der Waals surface area contributed by atoms with Crippen LogP contribution in [0.15, 0.2) is 12.2 Å². The summed E-state index contributed by atoms with van der Waals surface area (Å²) >= 11 is 0. The quantitative estimate of drug-likeness (QED) is 0.170. The summed E-state index contributed by atoms with van der Waals surface area (Å²) in [6.45, 7) is 12.8. The van der Waals surface area contributed by atoms with E-state index in [0.717, 1.165) is 45.1 Å². The van der Waals surface area contributed by atoms with Crippen molar-refractivity contribution in [2.75, 3.05) is 26.2 Å². The molecule has 0 aliphatic carbocycles. The van der Waals surface area contributed by atoms with Crippen LogP contribution in [0.3, 0.4) is 0 Å². The first-order valence-electron chi connectivity index (χ1n) is 12.1. The number of allylic oxidation sites excluding steroid dienone is 1. The summed E-state index contributed by atoms with van der Waals surface area (Å²) in [5.74, 6) is 10.9. The van der Waals surface area contributed by atoms with Crippen LogP contribution in [-0.4, -0.2) is 49.8 Å². The summed E-state index contributed by atoms with van der Waals surface area (Å²) in [5, 5.41) is 10.9. The van der Waals surface area contributed by atoms with Gasteiger partial charge in [0, 0.05) is 39.9 Å². The standard InChI is InChI=1S/C12H20N2O2.C11H20N2O2.C4H6/c1-3-4-9-14-12(16)8-6-5-7-10-13-11(2)15;1-3-7-11(15)13-9-6-4-5-8-12-10(2)14;1-3-4-2/h5-10H2,1-2H3,(H,13,15)(H,14,16);3,7H,4-6,8-9H2,1-2H3,(H,12,14)(H,13,15);1-2H3. The number of amides is 4. The molecule has 0 rings (SSSR count). The lowest BCUT2D eigenvalue weighted by Gasteiger charge is -2.03. The van der Waals surface area contributed by atoms with E-state index in [-0.39, 0.29) is 23.6 Å². The molecule has 0 atom stereocenters. The van der Waals surface area contributed by atoms with E-state index < -0.39 is 0 Å². The fourth-order valence-corrected chi connectivity index (χ4v) is 2.28. The SMILES string of the molecule is CC#CC.CC#CCNC(=O)CCCCCNC(C)=O.CC=CC(=O)NCCCCCNC(C)=O. The van der Waals surface area contributed by atoms with Crippen LogP contribution >= 0.6 is 0 Å². The first kappa shape index (κ1) is 36.3. The smallest absolute Gasteiger partial charge is 0.243 e. The lowest BCUT2D eigenvalue weighted by atomic mass is 10.2. The van der Waals surface area contributed by atoms with Crippen molar-refractivity contribution in [3.63, 3.8) is 0 Å². The molecule has 0 aromatic heterocycles. The third-order valence-electron chi connectivity index (χ3n) is 4.10. The predicted molar refractivity (Wildman–Crippen MR) is 143 cm³/mol. The van der Waals surface area contributed by atoms with E-state index in [1.54, 1.807) is 13.0 Å². The molecule has 198 valence electrons. The Kier molecular flexibility index (Phi) is 31.9. The molecule has 0 unspecified atom stereocenters. The molecule has 0 heterocycles. The Bertz CT molecular complexity index is 719. The average Bonchev–Trinajstić information content (AvgIpc) is 2.81. The van der Waals surface area contributed by atoms with Crippen LogP contribution in [-0.2, 0) is 19.2 Å². The molecule has 35 heavy (non-hydrogen) atoms. The van der Waals surface area contributed by atoms with Crippen LogP contribution in [0.25, 0.3) is 0 Å². The highest BCUT2D eigenvalue weighted by Gasteiger charge is 1.99. The van der Waals surface area contributed by atoms with E-state index in [1.165, 1.54) is 19.9 Å².